The number of benzene rings is 8. The van der Waals surface area contributed by atoms with Gasteiger partial charge in [-0.3, -0.25) is 0 Å². The Morgan fingerprint density at radius 2 is 0.759 bits per heavy atom. The van der Waals surface area contributed by atoms with Crippen LogP contribution in [0.3, 0.4) is 0 Å². The second kappa shape index (κ2) is 12.1. The van der Waals surface area contributed by atoms with Crippen molar-refractivity contribution in [3.05, 3.63) is 194 Å². The SMILES string of the molecule is c1ccc(-c2cc(-c3cccc4ccccc34)nc(-c3cc(-n4c5ccccc5c5ccccc54)cc(-n4c5ccccc5c5ccccc54)c3)n2)cc1. The fourth-order valence-electron chi connectivity index (χ4n) is 8.30. The summed E-state index contributed by atoms with van der Waals surface area (Å²) < 4.78 is 4.77. The van der Waals surface area contributed by atoms with Crippen LogP contribution in [0.4, 0.5) is 0 Å². The first-order valence-corrected chi connectivity index (χ1v) is 18.3. The van der Waals surface area contributed by atoms with E-state index in [4.69, 9.17) is 9.97 Å². The molecule has 54 heavy (non-hydrogen) atoms. The second-order valence-electron chi connectivity index (χ2n) is 13.8. The minimum Gasteiger partial charge on any atom is -0.309 e. The number of nitrogens with zero attached hydrogens (tertiary/aromatic N) is 4. The molecule has 0 atom stereocenters. The van der Waals surface area contributed by atoms with Crippen LogP contribution < -0.4 is 0 Å². The quantitative estimate of drug-likeness (QED) is 0.180. The van der Waals surface area contributed by atoms with E-state index in [1.165, 1.54) is 26.9 Å². The number of aromatic nitrogens is 4. The van der Waals surface area contributed by atoms with E-state index < -0.39 is 0 Å². The summed E-state index contributed by atoms with van der Waals surface area (Å²) in [7, 11) is 0. The number of para-hydroxylation sites is 4. The van der Waals surface area contributed by atoms with Gasteiger partial charge in [-0.05, 0) is 59.3 Å². The van der Waals surface area contributed by atoms with Gasteiger partial charge in [-0.25, -0.2) is 9.97 Å². The van der Waals surface area contributed by atoms with Crippen molar-refractivity contribution in [1.29, 1.82) is 0 Å². The summed E-state index contributed by atoms with van der Waals surface area (Å²) in [4.78, 5) is 10.8. The lowest BCUT2D eigenvalue weighted by molar-refractivity contribution is 1.12. The highest BCUT2D eigenvalue weighted by atomic mass is 15.0. The molecule has 0 aliphatic heterocycles. The second-order valence-corrected chi connectivity index (χ2v) is 13.8. The van der Waals surface area contributed by atoms with Gasteiger partial charge in [0.05, 0.1) is 33.5 Å². The van der Waals surface area contributed by atoms with Crippen LogP contribution >= 0.6 is 0 Å². The van der Waals surface area contributed by atoms with E-state index in [1.807, 2.05) is 6.07 Å². The average molecular weight is 689 g/mol. The first kappa shape index (κ1) is 30.3. The highest BCUT2D eigenvalue weighted by Gasteiger charge is 2.19. The summed E-state index contributed by atoms with van der Waals surface area (Å²) >= 11 is 0. The smallest absolute Gasteiger partial charge is 0.160 e. The molecule has 3 aromatic heterocycles. The zero-order valence-electron chi connectivity index (χ0n) is 29.3. The molecule has 11 rings (SSSR count). The van der Waals surface area contributed by atoms with Gasteiger partial charge in [0.25, 0.3) is 0 Å². The Morgan fingerprint density at radius 1 is 0.315 bits per heavy atom. The first-order valence-electron chi connectivity index (χ1n) is 18.3. The predicted molar refractivity (Wildman–Crippen MR) is 225 cm³/mol. The van der Waals surface area contributed by atoms with E-state index in [2.05, 4.69) is 197 Å². The Morgan fingerprint density at radius 3 is 1.31 bits per heavy atom. The van der Waals surface area contributed by atoms with E-state index in [0.29, 0.717) is 5.82 Å². The summed E-state index contributed by atoms with van der Waals surface area (Å²) in [6.07, 6.45) is 0. The number of hydrogen-bond acceptors (Lipinski definition) is 2. The molecule has 0 saturated carbocycles. The molecule has 0 spiro atoms. The van der Waals surface area contributed by atoms with Crippen LogP contribution in [0.1, 0.15) is 0 Å². The van der Waals surface area contributed by atoms with Gasteiger partial charge < -0.3 is 9.13 Å². The minimum atomic E-state index is 0.670. The average Bonchev–Trinajstić information content (AvgIpc) is 3.77. The molecule has 0 radical (unpaired) electrons. The van der Waals surface area contributed by atoms with Crippen molar-refractivity contribution in [1.82, 2.24) is 19.1 Å². The largest absolute Gasteiger partial charge is 0.309 e. The molecule has 0 aliphatic carbocycles. The van der Waals surface area contributed by atoms with Gasteiger partial charge in [0.2, 0.25) is 0 Å². The van der Waals surface area contributed by atoms with Crippen LogP contribution in [-0.2, 0) is 0 Å². The van der Waals surface area contributed by atoms with Crippen molar-refractivity contribution >= 4 is 54.4 Å². The molecule has 0 amide bonds. The van der Waals surface area contributed by atoms with Crippen molar-refractivity contribution in [3.8, 4) is 45.3 Å². The monoisotopic (exact) mass is 688 g/mol. The lowest BCUT2D eigenvalue weighted by atomic mass is 10.0. The van der Waals surface area contributed by atoms with Crippen molar-refractivity contribution in [3.63, 3.8) is 0 Å². The third-order valence-corrected chi connectivity index (χ3v) is 10.7. The van der Waals surface area contributed by atoms with Gasteiger partial charge in [-0.2, -0.15) is 0 Å². The van der Waals surface area contributed by atoms with Crippen molar-refractivity contribution < 1.29 is 0 Å². The van der Waals surface area contributed by atoms with Crippen LogP contribution in [0.15, 0.2) is 194 Å². The maximum absolute atomic E-state index is 5.41. The molecule has 4 nitrogen and oxygen atoms in total. The highest BCUT2D eigenvalue weighted by Crippen LogP contribution is 2.38. The summed E-state index contributed by atoms with van der Waals surface area (Å²) in [5, 5.41) is 7.22. The fourth-order valence-corrected chi connectivity index (χ4v) is 8.30. The Balaban J connectivity index is 1.25. The summed E-state index contributed by atoms with van der Waals surface area (Å²) in [6.45, 7) is 0. The fraction of sp³-hybridized carbons (Fsp3) is 0. The Kier molecular flexibility index (Phi) is 6.82. The molecule has 3 heterocycles. The molecule has 0 aliphatic rings. The molecule has 0 saturated heterocycles. The molecule has 11 aromatic rings. The van der Waals surface area contributed by atoms with Crippen LogP contribution in [0.5, 0.6) is 0 Å². The van der Waals surface area contributed by atoms with Crippen LogP contribution in [0.25, 0.3) is 99.7 Å². The van der Waals surface area contributed by atoms with Gasteiger partial charge in [0, 0.05) is 49.6 Å². The number of hydrogen-bond donors (Lipinski definition) is 0. The third kappa shape index (κ3) is 4.78. The standard InChI is InChI=1S/C50H32N4/c1-2-16-34(17-3-1)44-32-45(39-24-14-18-33-15-4-5-19-38(33)39)52-50(51-44)35-29-36(53-46-25-10-6-20-40(46)41-21-7-11-26-47(41)53)31-37(30-35)54-48-27-12-8-22-42(48)43-23-9-13-28-49(43)54/h1-32H. The number of fused-ring (bicyclic) bond motifs is 7. The molecule has 0 N–H and O–H groups in total. The van der Waals surface area contributed by atoms with Gasteiger partial charge in [0.15, 0.2) is 5.82 Å². The first-order chi connectivity index (χ1) is 26.8. The lowest BCUT2D eigenvalue weighted by Crippen LogP contribution is -2.02. The molecule has 4 heteroatoms. The van der Waals surface area contributed by atoms with E-state index in [0.717, 1.165) is 66.9 Å². The predicted octanol–water partition coefficient (Wildman–Crippen LogP) is 12.8. The van der Waals surface area contributed by atoms with Crippen LogP contribution in [-0.4, -0.2) is 19.1 Å². The zero-order valence-corrected chi connectivity index (χ0v) is 29.3. The summed E-state index contributed by atoms with van der Waals surface area (Å²) in [5.74, 6) is 0.670. The van der Waals surface area contributed by atoms with Crippen molar-refractivity contribution in [2.75, 3.05) is 0 Å². The topological polar surface area (TPSA) is 35.6 Å². The molecule has 0 bridgehead atoms. The van der Waals surface area contributed by atoms with E-state index in [-0.39, 0.29) is 0 Å². The molecule has 0 fully saturated rings. The molecule has 0 unspecified atom stereocenters. The van der Waals surface area contributed by atoms with Gasteiger partial charge in [-0.1, -0.05) is 146 Å². The maximum Gasteiger partial charge on any atom is 0.160 e. The van der Waals surface area contributed by atoms with E-state index >= 15 is 0 Å². The van der Waals surface area contributed by atoms with Crippen molar-refractivity contribution in [2.45, 2.75) is 0 Å². The minimum absolute atomic E-state index is 0.670. The van der Waals surface area contributed by atoms with Crippen molar-refractivity contribution in [2.24, 2.45) is 0 Å². The number of rotatable bonds is 5. The maximum atomic E-state index is 5.41. The van der Waals surface area contributed by atoms with E-state index in [1.54, 1.807) is 0 Å². The molecular formula is C50H32N4. The van der Waals surface area contributed by atoms with Crippen LogP contribution in [0, 0.1) is 0 Å². The van der Waals surface area contributed by atoms with Gasteiger partial charge in [-0.15, -0.1) is 0 Å². The molecule has 8 aromatic carbocycles. The van der Waals surface area contributed by atoms with Gasteiger partial charge in [0.1, 0.15) is 0 Å². The molecular weight excluding hydrogens is 657 g/mol. The van der Waals surface area contributed by atoms with Crippen LogP contribution in [0.2, 0.25) is 0 Å². The third-order valence-electron chi connectivity index (χ3n) is 10.7. The Hall–Kier alpha value is -7.30. The summed E-state index contributed by atoms with van der Waals surface area (Å²) in [5.41, 5.74) is 11.5. The van der Waals surface area contributed by atoms with Gasteiger partial charge >= 0.3 is 0 Å². The summed E-state index contributed by atoms with van der Waals surface area (Å²) in [6, 6.07) is 69.1. The lowest BCUT2D eigenvalue weighted by Gasteiger charge is -2.16. The highest BCUT2D eigenvalue weighted by molar-refractivity contribution is 6.10. The Labute approximate surface area is 311 Å². The normalized spacial score (nSPS) is 11.7. The zero-order chi connectivity index (χ0) is 35.6. The molecule has 252 valence electrons. The Bertz CT molecular complexity index is 2980. The van der Waals surface area contributed by atoms with E-state index in [9.17, 15) is 0 Å².